The molecule has 2 aliphatic rings. The highest BCUT2D eigenvalue weighted by Crippen LogP contribution is 2.40. The number of ether oxygens (including phenoxy) is 2. The third-order valence-electron chi connectivity index (χ3n) is 3.54. The molecule has 14 heavy (non-hydrogen) atoms. The van der Waals surface area contributed by atoms with Crippen molar-refractivity contribution in [3.05, 3.63) is 11.8 Å². The van der Waals surface area contributed by atoms with Crippen LogP contribution in [-0.2, 0) is 9.47 Å². The van der Waals surface area contributed by atoms with Gasteiger partial charge in [0.2, 0.25) is 0 Å². The van der Waals surface area contributed by atoms with E-state index in [0.29, 0.717) is 19.1 Å². The quantitative estimate of drug-likeness (QED) is 0.638. The fraction of sp³-hybridized carbons (Fsp3) is 0.818. The number of hydrogen-bond donors (Lipinski definition) is 1. The van der Waals surface area contributed by atoms with Crippen LogP contribution >= 0.6 is 0 Å². The summed E-state index contributed by atoms with van der Waals surface area (Å²) in [6.07, 6.45) is 1.61. The molecular formula is C11H18O3. The summed E-state index contributed by atoms with van der Waals surface area (Å²) in [5.41, 5.74) is -0.621. The Morgan fingerprint density at radius 2 is 2.14 bits per heavy atom. The third-order valence-corrected chi connectivity index (χ3v) is 3.54. The zero-order valence-electron chi connectivity index (χ0n) is 8.99. The lowest BCUT2D eigenvalue weighted by atomic mass is 9.75. The molecule has 0 spiro atoms. The first-order valence-corrected chi connectivity index (χ1v) is 5.23. The van der Waals surface area contributed by atoms with Crippen LogP contribution in [0.4, 0.5) is 0 Å². The molecule has 1 N–H and O–H groups in total. The van der Waals surface area contributed by atoms with E-state index in [2.05, 4.69) is 13.0 Å². The van der Waals surface area contributed by atoms with Crippen molar-refractivity contribution in [2.75, 3.05) is 13.2 Å². The second kappa shape index (κ2) is 3.24. The maximum Gasteiger partial charge on any atom is 0.148 e. The number of aliphatic hydroxyl groups excluding tert-OH is 1. The zero-order valence-corrected chi connectivity index (χ0v) is 8.99. The molecule has 0 radical (unpaired) electrons. The van der Waals surface area contributed by atoms with Crippen LogP contribution in [0.25, 0.3) is 0 Å². The molecule has 0 amide bonds. The normalized spacial score (nSPS) is 47.7. The van der Waals surface area contributed by atoms with Crippen molar-refractivity contribution in [2.45, 2.75) is 32.5 Å². The van der Waals surface area contributed by atoms with Crippen molar-refractivity contribution in [1.29, 1.82) is 0 Å². The van der Waals surface area contributed by atoms with Crippen molar-refractivity contribution < 1.29 is 14.6 Å². The highest BCUT2D eigenvalue weighted by Gasteiger charge is 2.48. The van der Waals surface area contributed by atoms with Crippen LogP contribution < -0.4 is 0 Å². The molecule has 0 saturated carbocycles. The molecule has 4 atom stereocenters. The molecule has 1 aliphatic carbocycles. The molecule has 1 heterocycles. The average Bonchev–Trinajstić information content (AvgIpc) is 2.17. The molecule has 80 valence electrons. The van der Waals surface area contributed by atoms with Gasteiger partial charge in [-0.15, -0.1) is 0 Å². The highest BCUT2D eigenvalue weighted by molar-refractivity contribution is 5.20. The summed E-state index contributed by atoms with van der Waals surface area (Å²) in [7, 11) is 0. The molecule has 0 aromatic rings. The lowest BCUT2D eigenvalue weighted by Crippen LogP contribution is -2.54. The van der Waals surface area contributed by atoms with Gasteiger partial charge in [-0.25, -0.2) is 0 Å². The summed E-state index contributed by atoms with van der Waals surface area (Å²) in [5, 5.41) is 10.2. The molecular weight excluding hydrogens is 180 g/mol. The van der Waals surface area contributed by atoms with E-state index in [9.17, 15) is 5.11 Å². The second-order valence-corrected chi connectivity index (χ2v) is 4.50. The lowest BCUT2D eigenvalue weighted by Gasteiger charge is -2.46. The topological polar surface area (TPSA) is 38.7 Å². The van der Waals surface area contributed by atoms with E-state index in [1.807, 2.05) is 13.8 Å². The molecule has 2 rings (SSSR count). The van der Waals surface area contributed by atoms with E-state index in [-0.39, 0.29) is 5.92 Å². The van der Waals surface area contributed by atoms with Crippen molar-refractivity contribution >= 4 is 0 Å². The van der Waals surface area contributed by atoms with Gasteiger partial charge in [-0.1, -0.05) is 13.8 Å². The summed E-state index contributed by atoms with van der Waals surface area (Å²) in [5.74, 6) is 1.36. The van der Waals surface area contributed by atoms with E-state index >= 15 is 0 Å². The smallest absolute Gasteiger partial charge is 0.148 e. The summed E-state index contributed by atoms with van der Waals surface area (Å²) < 4.78 is 11.2. The molecule has 3 nitrogen and oxygen atoms in total. The fourth-order valence-corrected chi connectivity index (χ4v) is 2.24. The Hall–Kier alpha value is -0.540. The Morgan fingerprint density at radius 3 is 2.86 bits per heavy atom. The standard InChI is InChI=1S/C11H18O3/c1-7-6-9-11(3,10(12)8(7)2)14-5-4-13-9/h6-8,10,12H,4-5H2,1-3H3/t7-,8?,10?,11?/m0/s1. The average molecular weight is 198 g/mol. The summed E-state index contributed by atoms with van der Waals surface area (Å²) in [6, 6.07) is 0. The molecule has 0 bridgehead atoms. The Balaban J connectivity index is 2.35. The maximum atomic E-state index is 10.2. The predicted molar refractivity (Wildman–Crippen MR) is 52.7 cm³/mol. The van der Waals surface area contributed by atoms with Crippen LogP contribution in [0.3, 0.4) is 0 Å². The minimum Gasteiger partial charge on any atom is -0.493 e. The Bertz CT molecular complexity index is 261. The number of hydrogen-bond acceptors (Lipinski definition) is 3. The molecule has 0 aromatic carbocycles. The van der Waals surface area contributed by atoms with Crippen molar-refractivity contribution in [3.8, 4) is 0 Å². The molecule has 1 saturated heterocycles. The highest BCUT2D eigenvalue weighted by atomic mass is 16.6. The largest absolute Gasteiger partial charge is 0.493 e. The van der Waals surface area contributed by atoms with Crippen LogP contribution in [0.2, 0.25) is 0 Å². The van der Waals surface area contributed by atoms with Crippen molar-refractivity contribution in [3.63, 3.8) is 0 Å². The van der Waals surface area contributed by atoms with Crippen molar-refractivity contribution in [2.24, 2.45) is 11.8 Å². The lowest BCUT2D eigenvalue weighted by molar-refractivity contribution is -0.178. The van der Waals surface area contributed by atoms with Gasteiger partial charge in [-0.05, 0) is 24.8 Å². The zero-order chi connectivity index (χ0) is 10.3. The summed E-state index contributed by atoms with van der Waals surface area (Å²) in [6.45, 7) is 7.20. The van der Waals surface area contributed by atoms with Crippen LogP contribution in [0.1, 0.15) is 20.8 Å². The molecule has 1 fully saturated rings. The monoisotopic (exact) mass is 198 g/mol. The van der Waals surface area contributed by atoms with Crippen LogP contribution in [0.15, 0.2) is 11.8 Å². The van der Waals surface area contributed by atoms with Gasteiger partial charge >= 0.3 is 0 Å². The van der Waals surface area contributed by atoms with Gasteiger partial charge in [0, 0.05) is 0 Å². The summed E-state index contributed by atoms with van der Waals surface area (Å²) in [4.78, 5) is 0. The van der Waals surface area contributed by atoms with E-state index in [1.54, 1.807) is 0 Å². The second-order valence-electron chi connectivity index (χ2n) is 4.50. The van der Waals surface area contributed by atoms with Crippen molar-refractivity contribution in [1.82, 2.24) is 0 Å². The first kappa shape index (κ1) is 9.99. The van der Waals surface area contributed by atoms with Gasteiger partial charge < -0.3 is 14.6 Å². The molecule has 3 heteroatoms. The Labute approximate surface area is 84.7 Å². The SMILES string of the molecule is CC1C(O)C2(C)OCCOC2=C[C@@H]1C. The van der Waals surface area contributed by atoms with Gasteiger partial charge in [0.05, 0.1) is 12.7 Å². The predicted octanol–water partition coefficient (Wildman–Crippen LogP) is 1.32. The maximum absolute atomic E-state index is 10.2. The van der Waals surface area contributed by atoms with Gasteiger partial charge in [0.15, 0.2) is 0 Å². The first-order chi connectivity index (χ1) is 6.55. The van der Waals surface area contributed by atoms with Crippen LogP contribution in [0.5, 0.6) is 0 Å². The first-order valence-electron chi connectivity index (χ1n) is 5.23. The molecule has 1 aliphatic heterocycles. The van der Waals surface area contributed by atoms with Gasteiger partial charge in [-0.2, -0.15) is 0 Å². The van der Waals surface area contributed by atoms with Gasteiger partial charge in [-0.3, -0.25) is 0 Å². The van der Waals surface area contributed by atoms with Crippen LogP contribution in [-0.4, -0.2) is 30.0 Å². The van der Waals surface area contributed by atoms with Gasteiger partial charge in [0.1, 0.15) is 18.0 Å². The van der Waals surface area contributed by atoms with E-state index in [4.69, 9.17) is 9.47 Å². The number of rotatable bonds is 0. The van der Waals surface area contributed by atoms with E-state index in [0.717, 1.165) is 5.76 Å². The summed E-state index contributed by atoms with van der Waals surface area (Å²) >= 11 is 0. The minimum absolute atomic E-state index is 0.213. The number of fused-ring (bicyclic) bond motifs is 1. The third kappa shape index (κ3) is 1.27. The Kier molecular flexibility index (Phi) is 2.32. The van der Waals surface area contributed by atoms with E-state index in [1.165, 1.54) is 0 Å². The molecule has 0 aromatic heterocycles. The van der Waals surface area contributed by atoms with Crippen LogP contribution in [0, 0.1) is 11.8 Å². The fourth-order valence-electron chi connectivity index (χ4n) is 2.24. The number of allylic oxidation sites excluding steroid dienone is 1. The molecule has 3 unspecified atom stereocenters. The minimum atomic E-state index is -0.621. The van der Waals surface area contributed by atoms with Gasteiger partial charge in [0.25, 0.3) is 0 Å². The Morgan fingerprint density at radius 1 is 1.43 bits per heavy atom. The van der Waals surface area contributed by atoms with E-state index < -0.39 is 11.7 Å². The number of aliphatic hydroxyl groups is 1.